The number of hydrogen-bond acceptors (Lipinski definition) is 5. The van der Waals surface area contributed by atoms with Crippen LogP contribution in [0.1, 0.15) is 17.0 Å². The third-order valence-electron chi connectivity index (χ3n) is 3.70. The third kappa shape index (κ3) is 3.25. The molecule has 2 aromatic heterocycles. The molecule has 0 unspecified atom stereocenters. The fourth-order valence-electron chi connectivity index (χ4n) is 2.45. The van der Waals surface area contributed by atoms with Crippen molar-refractivity contribution in [2.75, 3.05) is 6.61 Å². The molecule has 132 valence electrons. The van der Waals surface area contributed by atoms with E-state index < -0.39 is 11.7 Å². The average Bonchev–Trinajstić information content (AvgIpc) is 3.13. The van der Waals surface area contributed by atoms with Crippen molar-refractivity contribution in [2.45, 2.75) is 19.5 Å². The van der Waals surface area contributed by atoms with Gasteiger partial charge in [0, 0.05) is 19.0 Å². The van der Waals surface area contributed by atoms with Crippen LogP contribution in [0.25, 0.3) is 17.2 Å². The lowest BCUT2D eigenvalue weighted by Crippen LogP contribution is -2.09. The second kappa shape index (κ2) is 6.28. The fraction of sp³-hybridized carbons (Fsp3) is 0.333. The van der Waals surface area contributed by atoms with Gasteiger partial charge in [0.05, 0.1) is 18.4 Å². The van der Waals surface area contributed by atoms with E-state index in [9.17, 15) is 13.2 Å². The Balaban J connectivity index is 2.18. The second-order valence-corrected chi connectivity index (χ2v) is 5.48. The van der Waals surface area contributed by atoms with Gasteiger partial charge < -0.3 is 5.11 Å². The highest BCUT2D eigenvalue weighted by Crippen LogP contribution is 2.34. The predicted octanol–water partition coefficient (Wildman–Crippen LogP) is 1.92. The molecule has 25 heavy (non-hydrogen) atoms. The van der Waals surface area contributed by atoms with Crippen LogP contribution < -0.4 is 0 Å². The van der Waals surface area contributed by atoms with Gasteiger partial charge in [-0.25, -0.2) is 9.67 Å². The molecule has 0 saturated carbocycles. The van der Waals surface area contributed by atoms with Crippen LogP contribution in [0.3, 0.4) is 0 Å². The molecular formula is C15H15F3N6O. The van der Waals surface area contributed by atoms with Crippen molar-refractivity contribution in [3.8, 4) is 17.2 Å². The monoisotopic (exact) mass is 352 g/mol. The summed E-state index contributed by atoms with van der Waals surface area (Å²) in [5, 5.41) is 20.9. The maximum Gasteiger partial charge on any atom is 0.416 e. The second-order valence-electron chi connectivity index (χ2n) is 5.48. The van der Waals surface area contributed by atoms with Crippen LogP contribution in [-0.2, 0) is 19.6 Å². The summed E-state index contributed by atoms with van der Waals surface area (Å²) in [5.41, 5.74) is -0.345. The zero-order valence-corrected chi connectivity index (χ0v) is 13.5. The van der Waals surface area contributed by atoms with Crippen LogP contribution in [0.5, 0.6) is 0 Å². The van der Waals surface area contributed by atoms with Gasteiger partial charge in [-0.05, 0) is 18.6 Å². The Morgan fingerprint density at radius 1 is 1.24 bits per heavy atom. The third-order valence-corrected chi connectivity index (χ3v) is 3.70. The number of aliphatic hydroxyl groups excluding tert-OH is 1. The van der Waals surface area contributed by atoms with E-state index in [1.165, 1.54) is 28.6 Å². The topological polar surface area (TPSA) is 81.7 Å². The summed E-state index contributed by atoms with van der Waals surface area (Å²) in [6.45, 7) is 1.23. The average molecular weight is 352 g/mol. The molecule has 0 fully saturated rings. The van der Waals surface area contributed by atoms with E-state index in [1.54, 1.807) is 13.1 Å². The van der Waals surface area contributed by atoms with Gasteiger partial charge in [-0.2, -0.15) is 17.9 Å². The van der Waals surface area contributed by atoms with E-state index in [0.29, 0.717) is 11.6 Å². The maximum absolute atomic E-state index is 13.2. The Kier molecular flexibility index (Phi) is 4.29. The Morgan fingerprint density at radius 2 is 2.00 bits per heavy atom. The normalized spacial score (nSPS) is 11.9. The summed E-state index contributed by atoms with van der Waals surface area (Å²) in [7, 11) is 1.63. The minimum atomic E-state index is -4.47. The smallest absolute Gasteiger partial charge is 0.396 e. The number of halogens is 3. The van der Waals surface area contributed by atoms with Crippen LogP contribution >= 0.6 is 0 Å². The van der Waals surface area contributed by atoms with Gasteiger partial charge in [-0.3, -0.25) is 0 Å². The number of aryl methyl sites for hydroxylation is 2. The van der Waals surface area contributed by atoms with E-state index in [2.05, 4.69) is 20.4 Å². The van der Waals surface area contributed by atoms with Crippen LogP contribution in [0.15, 0.2) is 24.4 Å². The summed E-state index contributed by atoms with van der Waals surface area (Å²) in [5.74, 6) is 0.980. The van der Waals surface area contributed by atoms with Crippen molar-refractivity contribution >= 4 is 0 Å². The zero-order chi connectivity index (χ0) is 18.2. The van der Waals surface area contributed by atoms with Gasteiger partial charge in [0.15, 0.2) is 17.5 Å². The van der Waals surface area contributed by atoms with Crippen molar-refractivity contribution < 1.29 is 18.3 Å². The molecule has 0 amide bonds. The molecule has 0 radical (unpaired) electrons. The molecule has 0 spiro atoms. The Morgan fingerprint density at radius 3 is 2.60 bits per heavy atom. The summed E-state index contributed by atoms with van der Waals surface area (Å²) in [6.07, 6.45) is -2.85. The van der Waals surface area contributed by atoms with Crippen LogP contribution in [0.4, 0.5) is 13.2 Å². The number of alkyl halides is 3. The molecule has 1 N–H and O–H groups in total. The van der Waals surface area contributed by atoms with Gasteiger partial charge >= 0.3 is 6.18 Å². The lowest BCUT2D eigenvalue weighted by molar-refractivity contribution is -0.138. The molecule has 2 heterocycles. The SMILES string of the molecule is Cc1ccc(-c2nc(CCO)nn2-c2cnnn2C)cc1C(F)(F)F. The van der Waals surface area contributed by atoms with E-state index in [-0.39, 0.29) is 30.0 Å². The van der Waals surface area contributed by atoms with Gasteiger partial charge in [-0.1, -0.05) is 17.3 Å². The van der Waals surface area contributed by atoms with Crippen molar-refractivity contribution in [3.63, 3.8) is 0 Å². The van der Waals surface area contributed by atoms with Crippen molar-refractivity contribution in [1.29, 1.82) is 0 Å². The molecular weight excluding hydrogens is 337 g/mol. The Bertz CT molecular complexity index is 899. The number of nitrogens with zero attached hydrogens (tertiary/aromatic N) is 6. The molecule has 10 heteroatoms. The van der Waals surface area contributed by atoms with E-state index in [1.807, 2.05) is 0 Å². The van der Waals surface area contributed by atoms with Crippen LogP contribution in [0.2, 0.25) is 0 Å². The molecule has 0 bridgehead atoms. The van der Waals surface area contributed by atoms with Crippen molar-refractivity contribution in [2.24, 2.45) is 7.05 Å². The number of rotatable bonds is 4. The van der Waals surface area contributed by atoms with Gasteiger partial charge in [0.25, 0.3) is 0 Å². The highest BCUT2D eigenvalue weighted by atomic mass is 19.4. The molecule has 0 aliphatic carbocycles. The molecule has 0 aliphatic rings. The number of benzene rings is 1. The minimum absolute atomic E-state index is 0.125. The number of hydrogen-bond donors (Lipinski definition) is 1. The lowest BCUT2D eigenvalue weighted by Gasteiger charge is -2.12. The van der Waals surface area contributed by atoms with E-state index in [0.717, 1.165) is 6.07 Å². The van der Waals surface area contributed by atoms with Crippen LogP contribution in [-0.4, -0.2) is 41.5 Å². The van der Waals surface area contributed by atoms with Gasteiger partial charge in [0.1, 0.15) is 0 Å². The van der Waals surface area contributed by atoms with E-state index >= 15 is 0 Å². The summed E-state index contributed by atoms with van der Waals surface area (Å²) < 4.78 is 42.4. The fourth-order valence-corrected chi connectivity index (χ4v) is 2.45. The lowest BCUT2D eigenvalue weighted by atomic mass is 10.0. The molecule has 7 nitrogen and oxygen atoms in total. The highest BCUT2D eigenvalue weighted by molar-refractivity contribution is 5.60. The van der Waals surface area contributed by atoms with Gasteiger partial charge in [0.2, 0.25) is 0 Å². The van der Waals surface area contributed by atoms with E-state index in [4.69, 9.17) is 5.11 Å². The summed E-state index contributed by atoms with van der Waals surface area (Å²) in [6, 6.07) is 3.99. The standard InChI is InChI=1S/C15H15F3N6O/c1-9-3-4-10(7-11(9)15(16,17)18)14-20-12(5-6-25)21-24(14)13-8-19-22-23(13)2/h3-4,7-8,25H,5-6H2,1-2H3. The molecule has 0 atom stereocenters. The molecule has 3 aromatic rings. The van der Waals surface area contributed by atoms with Gasteiger partial charge in [-0.15, -0.1) is 10.2 Å². The first-order valence-electron chi connectivity index (χ1n) is 7.41. The predicted molar refractivity (Wildman–Crippen MR) is 81.9 cm³/mol. The Labute approximate surface area is 140 Å². The first kappa shape index (κ1) is 17.1. The minimum Gasteiger partial charge on any atom is -0.396 e. The number of aromatic nitrogens is 6. The summed E-state index contributed by atoms with van der Waals surface area (Å²) in [4.78, 5) is 4.28. The summed E-state index contributed by atoms with van der Waals surface area (Å²) >= 11 is 0. The maximum atomic E-state index is 13.2. The van der Waals surface area contributed by atoms with Crippen LogP contribution in [0, 0.1) is 6.92 Å². The highest BCUT2D eigenvalue weighted by Gasteiger charge is 2.33. The van der Waals surface area contributed by atoms with Crippen molar-refractivity contribution in [1.82, 2.24) is 29.8 Å². The Hall–Kier alpha value is -2.75. The quantitative estimate of drug-likeness (QED) is 0.776. The first-order valence-corrected chi connectivity index (χ1v) is 7.41. The number of aliphatic hydroxyl groups is 1. The molecule has 3 rings (SSSR count). The largest absolute Gasteiger partial charge is 0.416 e. The molecule has 0 aliphatic heterocycles. The first-order chi connectivity index (χ1) is 11.8. The zero-order valence-electron chi connectivity index (χ0n) is 13.5. The van der Waals surface area contributed by atoms with Crippen molar-refractivity contribution in [3.05, 3.63) is 41.3 Å². The molecule has 1 aromatic carbocycles. The molecule has 0 saturated heterocycles.